The smallest absolute Gasteiger partial charge is 0.354 e. The number of aromatic hydroxyl groups is 2. The number of fused-ring (bicyclic) bond motifs is 2. The number of thiazole rings is 2. The molecule has 11 rings (SSSR count). The van der Waals surface area contributed by atoms with E-state index in [0.29, 0.717) is 5.13 Å². The molecule has 8 heterocycles. The molecule has 15 N–H and O–H groups in total. The van der Waals surface area contributed by atoms with Gasteiger partial charge in [-0.25, -0.2) is 49.2 Å². The third-order valence-electron chi connectivity index (χ3n) is 17.5. The van der Waals surface area contributed by atoms with Gasteiger partial charge in [-0.3, -0.25) is 47.9 Å². The molecule has 115 heavy (non-hydrogen) atoms. The number of oxime groups is 2. The summed E-state index contributed by atoms with van der Waals surface area (Å²) < 4.78 is 5.54. The number of rotatable bonds is 30. The highest BCUT2D eigenvalue weighted by Gasteiger charge is 2.52. The van der Waals surface area contributed by atoms with Gasteiger partial charge in [0.1, 0.15) is 28.6 Å². The molecule has 0 radical (unpaired) electrons. The molecular weight excluding hydrogens is 1540 g/mol. The Hall–Kier alpha value is -13.8. The Morgan fingerprint density at radius 2 is 1.04 bits per heavy atom. The number of carboxylic acid groups (broad SMARTS) is 3. The monoisotopic (exact) mass is 1620 g/mol. The molecule has 0 spiro atoms. The Morgan fingerprint density at radius 1 is 0.591 bits per heavy atom. The molecule has 602 valence electrons. The first-order valence-corrected chi connectivity index (χ1v) is 36.6. The molecule has 2 fully saturated rings. The van der Waals surface area contributed by atoms with Crippen LogP contribution in [0.25, 0.3) is 0 Å². The van der Waals surface area contributed by atoms with E-state index >= 15 is 0 Å². The highest BCUT2D eigenvalue weighted by molar-refractivity contribution is 7.14. The van der Waals surface area contributed by atoms with Crippen LogP contribution < -0.4 is 48.5 Å². The van der Waals surface area contributed by atoms with Crippen molar-refractivity contribution in [3.63, 3.8) is 0 Å². The number of carbonyl (C=O) groups excluding carboxylic acids is 9. The minimum atomic E-state index is -1.81. The molecular formula is C74H77N17O22S2. The molecule has 41 heteroatoms. The Labute approximate surface area is 659 Å². The fourth-order valence-electron chi connectivity index (χ4n) is 11.8. The maximum atomic E-state index is 14.4. The molecule has 4 aromatic heterocycles. The summed E-state index contributed by atoms with van der Waals surface area (Å²) in [6, 6.07) is 30.0. The van der Waals surface area contributed by atoms with E-state index in [0.717, 1.165) is 73.9 Å². The quantitative estimate of drug-likeness (QED) is 0.0130. The van der Waals surface area contributed by atoms with Crippen molar-refractivity contribution in [3.05, 3.63) is 209 Å². The number of ether oxygens (including phenoxy) is 1. The lowest BCUT2D eigenvalue weighted by molar-refractivity contribution is -0.179. The number of pyridine rings is 2. The van der Waals surface area contributed by atoms with E-state index in [4.69, 9.17) is 25.1 Å². The number of hydrogen-bond donors (Lipinski definition) is 14. The van der Waals surface area contributed by atoms with Crippen molar-refractivity contribution in [2.75, 3.05) is 50.3 Å². The van der Waals surface area contributed by atoms with E-state index < -0.39 is 164 Å². The lowest BCUT2D eigenvalue weighted by atomic mass is 9.77. The first-order chi connectivity index (χ1) is 54.4. The molecule has 3 aromatic carbocycles. The number of anilines is 2. The number of nitrogens with two attached hydrogens (primary N) is 1. The van der Waals surface area contributed by atoms with Crippen molar-refractivity contribution in [2.45, 2.75) is 96.4 Å². The lowest BCUT2D eigenvalue weighted by Crippen LogP contribution is -2.46. The molecule has 7 amide bonds. The third-order valence-corrected chi connectivity index (χ3v) is 19.0. The van der Waals surface area contributed by atoms with Crippen molar-refractivity contribution < 1.29 is 97.5 Å². The van der Waals surface area contributed by atoms with Crippen LogP contribution >= 0.6 is 22.7 Å². The first-order valence-electron chi connectivity index (χ1n) is 34.8. The number of nitrogens with zero attached hydrogens (tertiary/aromatic N) is 8. The van der Waals surface area contributed by atoms with E-state index in [2.05, 4.69) is 57.2 Å². The van der Waals surface area contributed by atoms with Gasteiger partial charge in [-0.2, -0.15) is 0 Å². The van der Waals surface area contributed by atoms with Crippen LogP contribution in [0.5, 0.6) is 11.5 Å². The predicted molar refractivity (Wildman–Crippen MR) is 407 cm³/mol. The Kier molecular flexibility index (Phi) is 25.4. The Morgan fingerprint density at radius 3 is 1.50 bits per heavy atom. The van der Waals surface area contributed by atoms with Gasteiger partial charge < -0.3 is 87.5 Å². The maximum absolute atomic E-state index is 14.4. The van der Waals surface area contributed by atoms with E-state index in [1.807, 2.05) is 91.0 Å². The molecule has 0 saturated carbocycles. The molecule has 4 aliphatic rings. The lowest BCUT2D eigenvalue weighted by Gasteiger charge is -2.36. The van der Waals surface area contributed by atoms with Crippen LogP contribution in [-0.4, -0.2) is 210 Å². The largest absolute Gasteiger partial charge is 0.503 e. The molecule has 2 atom stereocenters. The average Bonchev–Trinajstić information content (AvgIpc) is 1.72. The number of benzene rings is 3. The van der Waals surface area contributed by atoms with Gasteiger partial charge in [0.25, 0.3) is 23.6 Å². The summed E-state index contributed by atoms with van der Waals surface area (Å²) in [4.78, 5) is 203. The third kappa shape index (κ3) is 19.6. The van der Waals surface area contributed by atoms with Gasteiger partial charge in [-0.05, 0) is 65.2 Å². The number of aromatic amines is 2. The van der Waals surface area contributed by atoms with Crippen LogP contribution in [0.3, 0.4) is 0 Å². The van der Waals surface area contributed by atoms with Crippen molar-refractivity contribution in [1.29, 1.82) is 0 Å². The number of amides is 7. The summed E-state index contributed by atoms with van der Waals surface area (Å²) in [6.07, 6.45) is 1.63. The van der Waals surface area contributed by atoms with Crippen LogP contribution in [0.15, 0.2) is 169 Å². The second-order valence-corrected chi connectivity index (χ2v) is 29.7. The summed E-state index contributed by atoms with van der Waals surface area (Å²) in [5.74, 6) is -14.1. The zero-order chi connectivity index (χ0) is 83.6. The van der Waals surface area contributed by atoms with E-state index in [-0.39, 0.29) is 84.0 Å². The Bertz CT molecular complexity index is 5170. The minimum absolute atomic E-state index is 0.000191. The van der Waals surface area contributed by atoms with Gasteiger partial charge in [0, 0.05) is 66.2 Å². The summed E-state index contributed by atoms with van der Waals surface area (Å²) >= 11 is 2.14. The number of ketones is 1. The average molecular weight is 1620 g/mol. The van der Waals surface area contributed by atoms with E-state index in [1.54, 1.807) is 26.2 Å². The zero-order valence-electron chi connectivity index (χ0n) is 62.3. The molecule has 7 aromatic rings. The number of carboxylic acids is 3. The van der Waals surface area contributed by atoms with Crippen LogP contribution in [0, 0.1) is 5.92 Å². The summed E-state index contributed by atoms with van der Waals surface area (Å²) in [6.45, 7) is 7.73. The summed E-state index contributed by atoms with van der Waals surface area (Å²) in [5, 5.41) is 79.3. The van der Waals surface area contributed by atoms with Crippen molar-refractivity contribution in [3.8, 4) is 11.5 Å². The van der Waals surface area contributed by atoms with Crippen molar-refractivity contribution >= 4 is 115 Å². The molecule has 2 saturated heterocycles. The number of hydrazine groups is 2. The number of esters is 1. The van der Waals surface area contributed by atoms with E-state index in [1.165, 1.54) is 43.1 Å². The molecule has 0 unspecified atom stereocenters. The van der Waals surface area contributed by atoms with Crippen LogP contribution in [0.2, 0.25) is 0 Å². The molecule has 39 nitrogen and oxygen atoms in total. The second kappa shape index (κ2) is 34.9. The number of H-pyrrole nitrogens is 2. The zero-order valence-corrected chi connectivity index (χ0v) is 63.9. The molecule has 0 aliphatic carbocycles. The number of hydrogen-bond acceptors (Lipinski definition) is 29. The van der Waals surface area contributed by atoms with Crippen LogP contribution in [0.4, 0.5) is 10.3 Å². The molecule has 0 bridgehead atoms. The topological polar surface area (TPSA) is 561 Å². The number of nitrogens with one attached hydrogen (secondary N) is 8. The fourth-order valence-corrected chi connectivity index (χ4v) is 13.1. The second-order valence-electron chi connectivity index (χ2n) is 27.9. The minimum Gasteiger partial charge on any atom is -0.503 e. The Balaban J connectivity index is 0.000000264. The number of aliphatic carboxylic acids is 3. The number of aromatic nitrogens is 4. The highest BCUT2D eigenvalue weighted by atomic mass is 32.1. The SMILES string of the molecule is CC(C)(C)OC(=O)C(C)(C)O/N=C(\C(=O)N[C@H]1CN2CC(C(=O)NCC(=O)NCc3cc(=O)c(O)c[nH]3)=C(C(=O)O)N2C1=O)c1csc(NC(c2ccccc2)(c2ccccc2)c2ccccc2)n1.CC(C)(O/N=C(\C(=O)C[C@H]1CN2CC(C(=O)NCC(=O)NCc3cc(=O)c(O)c[nH]3)=C(C(=O)O)N2C1=O)c1csc(N)n1)C(=O)O. The van der Waals surface area contributed by atoms with Gasteiger partial charge in [0.05, 0.1) is 56.3 Å². The normalized spacial score (nSPS) is 15.9. The van der Waals surface area contributed by atoms with E-state index in [9.17, 15) is 92.7 Å². The van der Waals surface area contributed by atoms with Gasteiger partial charge in [-0.1, -0.05) is 101 Å². The number of Topliss-reactive ketones (excluding diaryl/α,β-unsaturated/α-hetero) is 1. The predicted octanol–water partition coefficient (Wildman–Crippen LogP) is 1.23. The number of nitrogen functional groups attached to an aromatic ring is 1. The standard InChI is InChI=1S/C48H49N9O11S.C26H28N8O11S/c1-46(2,3)67-44(66)47(4,5)68-55-38(34-27-69-45(53-34)54-48(28-15-9-6-10-16-28,29-17-11-7-12-18-29)30-19-13-8-14-20-30)41(62)52-33-26-56-25-32(39(43(64)65)57(56)42(33)63)40(61)51-24-37(60)50-22-31-21-35(58)36(59)23-49-31;1-26(2,24(43)44)45-32-19(14-10-46-25(27)31-14)16(36)3-11-8-33-9-13(20(23(41)42)34(33)22(11)40)21(39)30-7-18(38)29-5-12-4-15(35)17(37)6-28-12/h6-21,23,27,33,59H,22,24-26H2,1-5H3,(H,49,58)(H,50,60)(H,51,61)(H,52,62)(H,53,54)(H,64,65);4,6,10-11,37H,3,5,7-9H2,1-2H3,(H2,27,31)(H,28,35)(H,29,38)(H,30,39)(H,41,42)(H,43,44)/b55-38-;32-19-/t33-;11-/m00/s1. The molecule has 4 aliphatic heterocycles. The van der Waals surface area contributed by atoms with Gasteiger partial charge >= 0.3 is 23.9 Å². The first kappa shape index (κ1) is 83.7. The van der Waals surface area contributed by atoms with Gasteiger partial charge in [0.15, 0.2) is 50.4 Å². The fraction of sp³-hybridized carbons (Fsp3) is 0.297. The highest BCUT2D eigenvalue weighted by Crippen LogP contribution is 2.41. The van der Waals surface area contributed by atoms with Gasteiger partial charge in [0.2, 0.25) is 39.8 Å². The van der Waals surface area contributed by atoms with Crippen LogP contribution in [0.1, 0.15) is 94.4 Å². The number of carbonyl (C=O) groups is 12. The van der Waals surface area contributed by atoms with Gasteiger partial charge in [-0.15, -0.1) is 22.7 Å². The maximum Gasteiger partial charge on any atom is 0.354 e. The van der Waals surface area contributed by atoms with Crippen molar-refractivity contribution in [2.24, 2.45) is 16.2 Å². The van der Waals surface area contributed by atoms with Crippen LogP contribution in [-0.2, 0) is 90.6 Å². The van der Waals surface area contributed by atoms with Crippen molar-refractivity contribution in [1.82, 2.24) is 66.6 Å². The summed E-state index contributed by atoms with van der Waals surface area (Å²) in [5.41, 5.74) is -0.654. The summed E-state index contributed by atoms with van der Waals surface area (Å²) in [7, 11) is 0.